The molecule has 6 nitrogen and oxygen atoms in total. The van der Waals surface area contributed by atoms with E-state index in [4.69, 9.17) is 0 Å². The molecule has 0 radical (unpaired) electrons. The molecule has 0 bridgehead atoms. The molecule has 1 aliphatic heterocycles. The highest BCUT2D eigenvalue weighted by atomic mass is 16.3. The summed E-state index contributed by atoms with van der Waals surface area (Å²) in [6, 6.07) is 10.2. The molecule has 130 valence electrons. The number of hydrogen-bond donors (Lipinski definition) is 4. The molecule has 1 saturated heterocycles. The third kappa shape index (κ3) is 3.91. The molecule has 2 amide bonds. The van der Waals surface area contributed by atoms with Crippen LogP contribution in [0, 0.1) is 6.92 Å². The summed E-state index contributed by atoms with van der Waals surface area (Å²) in [7, 11) is 0. The van der Waals surface area contributed by atoms with Crippen molar-refractivity contribution in [3.63, 3.8) is 0 Å². The monoisotopic (exact) mass is 340 g/mol. The van der Waals surface area contributed by atoms with Crippen LogP contribution in [0.25, 0.3) is 0 Å². The number of phenolic OH excluding ortho intramolecular Hbond substituents is 2. The summed E-state index contributed by atoms with van der Waals surface area (Å²) in [5.74, 6) is -0.123. The molecule has 2 atom stereocenters. The van der Waals surface area contributed by atoms with Crippen molar-refractivity contribution in [1.82, 2.24) is 10.6 Å². The van der Waals surface area contributed by atoms with Crippen molar-refractivity contribution < 1.29 is 19.8 Å². The van der Waals surface area contributed by atoms with Crippen LogP contribution in [0.1, 0.15) is 16.7 Å². The van der Waals surface area contributed by atoms with E-state index in [-0.39, 0.29) is 23.3 Å². The van der Waals surface area contributed by atoms with Crippen LogP contribution in [-0.2, 0) is 22.4 Å². The van der Waals surface area contributed by atoms with Gasteiger partial charge < -0.3 is 20.8 Å². The lowest BCUT2D eigenvalue weighted by molar-refractivity contribution is -0.136. The summed E-state index contributed by atoms with van der Waals surface area (Å²) in [4.78, 5) is 24.7. The van der Waals surface area contributed by atoms with Crippen LogP contribution in [0.2, 0.25) is 0 Å². The lowest BCUT2D eigenvalue weighted by atomic mass is 9.96. The van der Waals surface area contributed by atoms with Crippen molar-refractivity contribution in [2.24, 2.45) is 0 Å². The Morgan fingerprint density at radius 1 is 0.840 bits per heavy atom. The molecule has 2 aromatic rings. The first-order valence-electron chi connectivity index (χ1n) is 8.09. The Morgan fingerprint density at radius 2 is 1.40 bits per heavy atom. The first kappa shape index (κ1) is 16.8. The first-order chi connectivity index (χ1) is 11.9. The maximum absolute atomic E-state index is 12.4. The number of carbonyl (C=O) groups excluding carboxylic acids is 2. The van der Waals surface area contributed by atoms with E-state index >= 15 is 0 Å². The highest BCUT2D eigenvalue weighted by Gasteiger charge is 2.33. The number of nitrogens with one attached hydrogen (secondary N) is 2. The van der Waals surface area contributed by atoms with Gasteiger partial charge in [0.15, 0.2) is 0 Å². The molecular formula is C19H20N2O4. The molecular weight excluding hydrogens is 320 g/mol. The molecule has 0 aliphatic carbocycles. The fraction of sp³-hybridized carbons (Fsp3) is 0.263. The van der Waals surface area contributed by atoms with Crippen molar-refractivity contribution in [1.29, 1.82) is 0 Å². The molecule has 2 aromatic carbocycles. The molecule has 0 aromatic heterocycles. The number of rotatable bonds is 4. The van der Waals surface area contributed by atoms with Gasteiger partial charge in [0.2, 0.25) is 11.8 Å². The van der Waals surface area contributed by atoms with Gasteiger partial charge in [-0.3, -0.25) is 9.59 Å². The number of benzene rings is 2. The van der Waals surface area contributed by atoms with Gasteiger partial charge in [0, 0.05) is 12.8 Å². The van der Waals surface area contributed by atoms with Crippen molar-refractivity contribution in [2.45, 2.75) is 31.8 Å². The van der Waals surface area contributed by atoms with Gasteiger partial charge >= 0.3 is 0 Å². The standard InChI is InChI=1S/C19H20N2O4/c1-11-8-15(23)7-4-13(11)10-17-19(25)20-16(18(24)21-17)9-12-2-5-14(22)6-3-12/h2-8,16-17,22-23H,9-10H2,1H3,(H,20,25)(H,21,24)/t16-,17-/m0/s1. The summed E-state index contributed by atoms with van der Waals surface area (Å²) < 4.78 is 0. The second kappa shape index (κ2) is 6.84. The molecule has 6 heteroatoms. The fourth-order valence-electron chi connectivity index (χ4n) is 2.96. The van der Waals surface area contributed by atoms with E-state index < -0.39 is 12.1 Å². The molecule has 4 N–H and O–H groups in total. The second-order valence-corrected chi connectivity index (χ2v) is 6.31. The normalized spacial score (nSPS) is 20.0. The topological polar surface area (TPSA) is 98.7 Å². The van der Waals surface area contributed by atoms with Gasteiger partial charge in [-0.15, -0.1) is 0 Å². The number of carbonyl (C=O) groups is 2. The van der Waals surface area contributed by atoms with E-state index in [0.717, 1.165) is 16.7 Å². The maximum atomic E-state index is 12.4. The van der Waals surface area contributed by atoms with Gasteiger partial charge in [0.25, 0.3) is 0 Å². The van der Waals surface area contributed by atoms with E-state index in [9.17, 15) is 19.8 Å². The predicted octanol–water partition coefficient (Wildman–Crippen LogP) is 1.17. The third-order valence-electron chi connectivity index (χ3n) is 4.39. The van der Waals surface area contributed by atoms with E-state index in [2.05, 4.69) is 10.6 Å². The van der Waals surface area contributed by atoms with E-state index in [1.807, 2.05) is 6.92 Å². The summed E-state index contributed by atoms with van der Waals surface area (Å²) >= 11 is 0. The van der Waals surface area contributed by atoms with Gasteiger partial charge in [0.1, 0.15) is 23.6 Å². The van der Waals surface area contributed by atoms with Crippen molar-refractivity contribution in [3.05, 3.63) is 59.2 Å². The number of amides is 2. The van der Waals surface area contributed by atoms with Gasteiger partial charge in [-0.1, -0.05) is 18.2 Å². The van der Waals surface area contributed by atoms with Crippen LogP contribution in [0.15, 0.2) is 42.5 Å². The van der Waals surface area contributed by atoms with Gasteiger partial charge in [-0.2, -0.15) is 0 Å². The molecule has 25 heavy (non-hydrogen) atoms. The highest BCUT2D eigenvalue weighted by molar-refractivity contribution is 5.97. The minimum Gasteiger partial charge on any atom is -0.508 e. The smallest absolute Gasteiger partial charge is 0.243 e. The van der Waals surface area contributed by atoms with Crippen LogP contribution < -0.4 is 10.6 Å². The molecule has 0 spiro atoms. The SMILES string of the molecule is Cc1cc(O)ccc1C[C@@H]1NC(=O)[C@H](Cc2ccc(O)cc2)NC1=O. The van der Waals surface area contributed by atoms with Crippen LogP contribution in [0.4, 0.5) is 0 Å². The Hall–Kier alpha value is -3.02. The van der Waals surface area contributed by atoms with E-state index in [0.29, 0.717) is 12.8 Å². The zero-order valence-corrected chi connectivity index (χ0v) is 13.8. The van der Waals surface area contributed by atoms with Crippen molar-refractivity contribution in [3.8, 4) is 11.5 Å². The van der Waals surface area contributed by atoms with Crippen LogP contribution in [0.3, 0.4) is 0 Å². The van der Waals surface area contributed by atoms with Crippen LogP contribution >= 0.6 is 0 Å². The maximum Gasteiger partial charge on any atom is 0.243 e. The lowest BCUT2D eigenvalue weighted by Gasteiger charge is -2.30. The molecule has 0 saturated carbocycles. The Labute approximate surface area is 145 Å². The van der Waals surface area contributed by atoms with Crippen molar-refractivity contribution in [2.75, 3.05) is 0 Å². The average molecular weight is 340 g/mol. The number of phenols is 2. The number of aryl methyl sites for hydroxylation is 1. The Kier molecular flexibility index (Phi) is 4.61. The van der Waals surface area contributed by atoms with E-state index in [1.54, 1.807) is 42.5 Å². The van der Waals surface area contributed by atoms with Crippen molar-refractivity contribution >= 4 is 11.8 Å². The summed E-state index contributed by atoms with van der Waals surface area (Å²) in [5, 5.41) is 24.3. The second-order valence-electron chi connectivity index (χ2n) is 6.31. The summed E-state index contributed by atoms with van der Waals surface area (Å²) in [6.07, 6.45) is 0.735. The number of aromatic hydroxyl groups is 2. The van der Waals surface area contributed by atoms with Gasteiger partial charge in [0.05, 0.1) is 0 Å². The Balaban J connectivity index is 1.66. The Morgan fingerprint density at radius 3 is 2.00 bits per heavy atom. The number of piperazine rings is 1. The van der Waals surface area contributed by atoms with E-state index in [1.165, 1.54) is 0 Å². The number of hydrogen-bond acceptors (Lipinski definition) is 4. The molecule has 3 rings (SSSR count). The Bertz CT molecular complexity index is 802. The first-order valence-corrected chi connectivity index (χ1v) is 8.09. The minimum absolute atomic E-state index is 0.158. The summed E-state index contributed by atoms with van der Waals surface area (Å²) in [5.41, 5.74) is 2.62. The van der Waals surface area contributed by atoms with Gasteiger partial charge in [-0.25, -0.2) is 0 Å². The van der Waals surface area contributed by atoms with Crippen LogP contribution in [-0.4, -0.2) is 34.1 Å². The molecule has 1 fully saturated rings. The molecule has 0 unspecified atom stereocenters. The largest absolute Gasteiger partial charge is 0.508 e. The zero-order valence-electron chi connectivity index (χ0n) is 13.8. The highest BCUT2D eigenvalue weighted by Crippen LogP contribution is 2.18. The summed E-state index contributed by atoms with van der Waals surface area (Å²) in [6.45, 7) is 1.85. The van der Waals surface area contributed by atoms with Crippen LogP contribution in [0.5, 0.6) is 11.5 Å². The fourth-order valence-corrected chi connectivity index (χ4v) is 2.96. The lowest BCUT2D eigenvalue weighted by Crippen LogP contribution is -2.62. The third-order valence-corrected chi connectivity index (χ3v) is 4.39. The van der Waals surface area contributed by atoms with Gasteiger partial charge in [-0.05, 0) is 47.9 Å². The predicted molar refractivity (Wildman–Crippen MR) is 92.2 cm³/mol. The zero-order chi connectivity index (χ0) is 18.0. The minimum atomic E-state index is -0.633. The molecule has 1 aliphatic rings. The molecule has 1 heterocycles. The quantitative estimate of drug-likeness (QED) is 0.671. The average Bonchev–Trinajstić information content (AvgIpc) is 2.56.